The van der Waals surface area contributed by atoms with Gasteiger partial charge in [-0.15, -0.1) is 11.3 Å². The van der Waals surface area contributed by atoms with Crippen LogP contribution >= 0.6 is 38.9 Å². The van der Waals surface area contributed by atoms with Crippen molar-refractivity contribution in [2.45, 2.75) is 6.92 Å². The summed E-state index contributed by atoms with van der Waals surface area (Å²) in [5.41, 5.74) is 1.61. The number of halogens is 2. The lowest BCUT2D eigenvalue weighted by molar-refractivity contribution is 0.103. The molecular weight excluding hydrogens is 322 g/mol. The molecule has 0 fully saturated rings. The molecule has 17 heavy (non-hydrogen) atoms. The van der Waals surface area contributed by atoms with E-state index >= 15 is 0 Å². The summed E-state index contributed by atoms with van der Waals surface area (Å²) in [4.78, 5) is 12.6. The number of benzene rings is 1. The molecule has 1 aromatic carbocycles. The van der Waals surface area contributed by atoms with Crippen LogP contribution in [0.4, 0.5) is 5.69 Å². The summed E-state index contributed by atoms with van der Waals surface area (Å²) in [7, 11) is 0. The monoisotopic (exact) mass is 329 g/mol. The molecule has 1 N–H and O–H groups in total. The molecule has 2 aromatic rings. The Morgan fingerprint density at radius 1 is 1.41 bits per heavy atom. The van der Waals surface area contributed by atoms with Crippen LogP contribution in [-0.2, 0) is 0 Å². The minimum atomic E-state index is -0.128. The topological polar surface area (TPSA) is 29.1 Å². The maximum atomic E-state index is 12.0. The van der Waals surface area contributed by atoms with Crippen molar-refractivity contribution in [2.24, 2.45) is 0 Å². The lowest BCUT2D eigenvalue weighted by Gasteiger charge is -2.08. The Bertz CT molecular complexity index is 567. The molecule has 5 heteroatoms. The van der Waals surface area contributed by atoms with Crippen molar-refractivity contribution in [2.75, 3.05) is 5.32 Å². The molecule has 0 saturated heterocycles. The molecule has 2 nitrogen and oxygen atoms in total. The van der Waals surface area contributed by atoms with Crippen molar-refractivity contribution < 1.29 is 4.79 Å². The molecule has 0 aliphatic rings. The number of amides is 1. The van der Waals surface area contributed by atoms with Crippen molar-refractivity contribution in [3.8, 4) is 0 Å². The summed E-state index contributed by atoms with van der Waals surface area (Å²) in [5, 5.41) is 5.36. The van der Waals surface area contributed by atoms with Gasteiger partial charge in [-0.05, 0) is 52.0 Å². The fraction of sp³-hybridized carbons (Fsp3) is 0.0833. The average molecular weight is 331 g/mol. The van der Waals surface area contributed by atoms with Gasteiger partial charge < -0.3 is 5.32 Å². The van der Waals surface area contributed by atoms with Gasteiger partial charge in [0.05, 0.1) is 0 Å². The van der Waals surface area contributed by atoms with Crippen LogP contribution < -0.4 is 5.32 Å². The molecule has 1 aromatic heterocycles. The van der Waals surface area contributed by atoms with E-state index in [-0.39, 0.29) is 5.91 Å². The highest BCUT2D eigenvalue weighted by Crippen LogP contribution is 2.26. The van der Waals surface area contributed by atoms with Crippen LogP contribution in [0.2, 0.25) is 5.02 Å². The molecule has 0 aliphatic heterocycles. The molecule has 0 radical (unpaired) electrons. The molecule has 0 aliphatic carbocycles. The van der Waals surface area contributed by atoms with E-state index in [2.05, 4.69) is 21.2 Å². The molecule has 0 spiro atoms. The second kappa shape index (κ2) is 5.21. The summed E-state index contributed by atoms with van der Waals surface area (Å²) >= 11 is 10.7. The number of anilines is 1. The van der Waals surface area contributed by atoms with Crippen LogP contribution in [0.25, 0.3) is 0 Å². The minimum absolute atomic E-state index is 0.128. The van der Waals surface area contributed by atoms with Crippen LogP contribution in [0.1, 0.15) is 15.2 Å². The van der Waals surface area contributed by atoms with Crippen LogP contribution in [0.3, 0.4) is 0 Å². The maximum absolute atomic E-state index is 12.0. The van der Waals surface area contributed by atoms with Crippen LogP contribution in [0.5, 0.6) is 0 Å². The van der Waals surface area contributed by atoms with Gasteiger partial charge in [-0.25, -0.2) is 0 Å². The standard InChI is InChI=1S/C12H9BrClNOS/c1-7-9(14)3-2-4-10(7)15-12(16)11-8(13)5-6-17-11/h2-6H,1H3,(H,15,16). The third-order valence-corrected chi connectivity index (χ3v) is 4.59. The Morgan fingerprint density at radius 2 is 2.18 bits per heavy atom. The van der Waals surface area contributed by atoms with E-state index in [4.69, 9.17) is 11.6 Å². The van der Waals surface area contributed by atoms with Crippen LogP contribution in [-0.4, -0.2) is 5.91 Å². The number of thiophene rings is 1. The first-order chi connectivity index (χ1) is 8.09. The number of hydrogen-bond acceptors (Lipinski definition) is 2. The van der Waals surface area contributed by atoms with Gasteiger partial charge in [0.15, 0.2) is 0 Å². The highest BCUT2D eigenvalue weighted by molar-refractivity contribution is 9.10. The zero-order valence-corrected chi connectivity index (χ0v) is 12.1. The molecule has 0 bridgehead atoms. The number of nitrogens with one attached hydrogen (secondary N) is 1. The summed E-state index contributed by atoms with van der Waals surface area (Å²) in [6.07, 6.45) is 0. The number of rotatable bonds is 2. The first-order valence-corrected chi connectivity index (χ1v) is 6.94. The highest BCUT2D eigenvalue weighted by atomic mass is 79.9. The van der Waals surface area contributed by atoms with Gasteiger partial charge in [0, 0.05) is 15.2 Å². The Balaban J connectivity index is 2.25. The highest BCUT2D eigenvalue weighted by Gasteiger charge is 2.13. The van der Waals surface area contributed by atoms with E-state index in [0.717, 1.165) is 15.7 Å². The van der Waals surface area contributed by atoms with Crippen molar-refractivity contribution in [1.82, 2.24) is 0 Å². The van der Waals surface area contributed by atoms with Crippen molar-refractivity contribution in [3.05, 3.63) is 49.6 Å². The first-order valence-electron chi connectivity index (χ1n) is 4.89. The predicted octanol–water partition coefficient (Wildman–Crippen LogP) is 4.72. The Morgan fingerprint density at radius 3 is 2.82 bits per heavy atom. The minimum Gasteiger partial charge on any atom is -0.321 e. The molecule has 0 saturated carbocycles. The molecule has 1 heterocycles. The van der Waals surface area contributed by atoms with E-state index in [1.807, 2.05) is 30.5 Å². The van der Waals surface area contributed by atoms with Gasteiger partial charge >= 0.3 is 0 Å². The molecule has 88 valence electrons. The van der Waals surface area contributed by atoms with E-state index in [1.165, 1.54) is 11.3 Å². The SMILES string of the molecule is Cc1c(Cl)cccc1NC(=O)c1sccc1Br. The zero-order valence-electron chi connectivity index (χ0n) is 8.96. The van der Waals surface area contributed by atoms with E-state index in [0.29, 0.717) is 9.90 Å². The van der Waals surface area contributed by atoms with E-state index in [9.17, 15) is 4.79 Å². The van der Waals surface area contributed by atoms with Gasteiger partial charge in [0.2, 0.25) is 0 Å². The van der Waals surface area contributed by atoms with Gasteiger partial charge in [-0.2, -0.15) is 0 Å². The smallest absolute Gasteiger partial charge is 0.266 e. The summed E-state index contributed by atoms with van der Waals surface area (Å²) in [6.45, 7) is 1.88. The lowest BCUT2D eigenvalue weighted by Crippen LogP contribution is -2.11. The summed E-state index contributed by atoms with van der Waals surface area (Å²) in [6, 6.07) is 7.30. The third-order valence-electron chi connectivity index (χ3n) is 2.34. The van der Waals surface area contributed by atoms with Gasteiger partial charge in [-0.1, -0.05) is 17.7 Å². The number of carbonyl (C=O) groups excluding carboxylic acids is 1. The van der Waals surface area contributed by atoms with Crippen LogP contribution in [0, 0.1) is 6.92 Å². The largest absolute Gasteiger partial charge is 0.321 e. The number of hydrogen-bond donors (Lipinski definition) is 1. The number of carbonyl (C=O) groups is 1. The molecule has 2 rings (SSSR count). The van der Waals surface area contributed by atoms with E-state index in [1.54, 1.807) is 6.07 Å². The molecule has 1 amide bonds. The quantitative estimate of drug-likeness (QED) is 0.847. The Labute approximate surface area is 117 Å². The zero-order chi connectivity index (χ0) is 12.4. The van der Waals surface area contributed by atoms with E-state index < -0.39 is 0 Å². The summed E-state index contributed by atoms with van der Waals surface area (Å²) in [5.74, 6) is -0.128. The Kier molecular flexibility index (Phi) is 3.86. The normalized spacial score (nSPS) is 10.3. The second-order valence-electron chi connectivity index (χ2n) is 3.46. The van der Waals surface area contributed by atoms with Crippen molar-refractivity contribution in [1.29, 1.82) is 0 Å². The van der Waals surface area contributed by atoms with Gasteiger partial charge in [-0.3, -0.25) is 4.79 Å². The maximum Gasteiger partial charge on any atom is 0.266 e. The van der Waals surface area contributed by atoms with Crippen LogP contribution in [0.15, 0.2) is 34.1 Å². The average Bonchev–Trinajstić information content (AvgIpc) is 2.71. The predicted molar refractivity (Wildman–Crippen MR) is 76.2 cm³/mol. The fourth-order valence-electron chi connectivity index (χ4n) is 1.38. The van der Waals surface area contributed by atoms with Crippen molar-refractivity contribution >= 4 is 50.5 Å². The van der Waals surface area contributed by atoms with Crippen molar-refractivity contribution in [3.63, 3.8) is 0 Å². The molecular formula is C12H9BrClNOS. The summed E-state index contributed by atoms with van der Waals surface area (Å²) < 4.78 is 0.805. The molecule has 0 atom stereocenters. The van der Waals surface area contributed by atoms with Gasteiger partial charge in [0.25, 0.3) is 5.91 Å². The third kappa shape index (κ3) is 2.70. The van der Waals surface area contributed by atoms with Gasteiger partial charge in [0.1, 0.15) is 4.88 Å². The fourth-order valence-corrected chi connectivity index (χ4v) is 3.00. The lowest BCUT2D eigenvalue weighted by atomic mass is 10.2. The first kappa shape index (κ1) is 12.6. The Hall–Kier alpha value is -0.840. The molecule has 0 unspecified atom stereocenters. The second-order valence-corrected chi connectivity index (χ2v) is 5.64.